The van der Waals surface area contributed by atoms with Crippen LogP contribution in [0.1, 0.15) is 75.0 Å². The summed E-state index contributed by atoms with van der Waals surface area (Å²) in [7, 11) is 0. The lowest BCUT2D eigenvalue weighted by molar-refractivity contribution is 0.670. The van der Waals surface area contributed by atoms with Crippen molar-refractivity contribution in [2.45, 2.75) is 78.1 Å². The fourth-order valence-corrected chi connectivity index (χ4v) is 7.65. The maximum atomic E-state index is 2.37. The zero-order valence-corrected chi connectivity index (χ0v) is 23.4. The predicted octanol–water partition coefficient (Wildman–Crippen LogP) is 11.7. The van der Waals surface area contributed by atoms with Gasteiger partial charge in [-0.2, -0.15) is 0 Å². The lowest BCUT2D eigenvalue weighted by Crippen LogP contribution is -1.88. The smallest absolute Gasteiger partial charge is 0.0358 e. The molecule has 0 bridgehead atoms. The highest BCUT2D eigenvalue weighted by Crippen LogP contribution is 2.46. The van der Waals surface area contributed by atoms with Gasteiger partial charge in [0, 0.05) is 30.6 Å². The predicted molar refractivity (Wildman–Crippen MR) is 164 cm³/mol. The second-order valence-corrected chi connectivity index (χ2v) is 12.3. The number of hydrogen-bond donors (Lipinski definition) is 0. The number of aryl methyl sites for hydroxylation is 2. The van der Waals surface area contributed by atoms with Crippen LogP contribution in [-0.4, -0.2) is 0 Å². The van der Waals surface area contributed by atoms with Gasteiger partial charge in [0.1, 0.15) is 0 Å². The summed E-state index contributed by atoms with van der Waals surface area (Å²) in [5.74, 6) is 0. The third-order valence-corrected chi connectivity index (χ3v) is 9.63. The molecule has 0 radical (unpaired) electrons. The topological polar surface area (TPSA) is 0 Å². The minimum absolute atomic E-state index is 1.20. The van der Waals surface area contributed by atoms with Gasteiger partial charge in [0.2, 0.25) is 0 Å². The molecule has 186 valence electrons. The minimum atomic E-state index is 1.20. The zero-order valence-electron chi connectivity index (χ0n) is 21.8. The fraction of sp³-hybridized carbons (Fsp3) is 0.353. The monoisotopic (exact) mass is 510 g/mol. The molecule has 0 saturated carbocycles. The van der Waals surface area contributed by atoms with Gasteiger partial charge in [0.25, 0.3) is 0 Å². The number of thiophene rings is 2. The number of hydrogen-bond acceptors (Lipinski definition) is 2. The molecule has 5 rings (SSSR count). The number of unbranched alkanes of at least 4 members (excludes halogenated alkanes) is 6. The molecule has 0 saturated heterocycles. The molecule has 36 heavy (non-hydrogen) atoms. The third kappa shape index (κ3) is 5.45. The van der Waals surface area contributed by atoms with Crippen LogP contribution >= 0.6 is 22.7 Å². The van der Waals surface area contributed by atoms with Crippen LogP contribution in [0.4, 0.5) is 0 Å². The molecular weight excluding hydrogens is 473 g/mol. The molecule has 0 unspecified atom stereocenters. The Kier molecular flexibility index (Phi) is 8.56. The number of fused-ring (bicyclic) bond motifs is 2. The Morgan fingerprint density at radius 2 is 0.833 bits per heavy atom. The quantitative estimate of drug-likeness (QED) is 0.116. The molecule has 0 aliphatic heterocycles. The van der Waals surface area contributed by atoms with E-state index in [1.807, 2.05) is 22.7 Å². The van der Waals surface area contributed by atoms with Crippen molar-refractivity contribution in [2.75, 3.05) is 0 Å². The van der Waals surface area contributed by atoms with E-state index < -0.39 is 0 Å². The Bertz CT molecular complexity index is 1250. The average molecular weight is 511 g/mol. The maximum absolute atomic E-state index is 2.37. The first kappa shape index (κ1) is 25.2. The van der Waals surface area contributed by atoms with E-state index in [9.17, 15) is 0 Å². The van der Waals surface area contributed by atoms with Gasteiger partial charge in [0.05, 0.1) is 0 Å². The number of rotatable bonds is 12. The zero-order chi connectivity index (χ0) is 24.7. The molecule has 0 fully saturated rings. The van der Waals surface area contributed by atoms with Crippen LogP contribution in [0.2, 0.25) is 0 Å². The molecule has 0 N–H and O–H groups in total. The van der Waals surface area contributed by atoms with Crippen LogP contribution < -0.4 is 0 Å². The van der Waals surface area contributed by atoms with Gasteiger partial charge in [-0.1, -0.05) is 101 Å². The maximum Gasteiger partial charge on any atom is 0.0358 e. The second-order valence-electron chi connectivity index (χ2n) is 9.99. The standard InChI is InChI=1S/C34H38S2/c1-3-5-7-9-15-25-21-23-31(35-25)33-27-17-11-13-19-29(27)34(30-20-14-12-18-28(30)33)32-24-22-26(36-32)16-10-8-6-4-2/h11-14,17-24H,3-10,15-16H2,1-2H3. The Hall–Kier alpha value is -2.42. The van der Waals surface area contributed by atoms with E-state index in [0.29, 0.717) is 0 Å². The molecule has 0 atom stereocenters. The van der Waals surface area contributed by atoms with Gasteiger partial charge in [-0.3, -0.25) is 0 Å². The average Bonchev–Trinajstić information content (AvgIpc) is 3.57. The summed E-state index contributed by atoms with van der Waals surface area (Å²) in [5, 5.41) is 5.51. The van der Waals surface area contributed by atoms with Crippen molar-refractivity contribution in [3.63, 3.8) is 0 Å². The highest BCUT2D eigenvalue weighted by atomic mass is 32.1. The SMILES string of the molecule is CCCCCCc1ccc(-c2c3ccccc3c(-c3ccc(CCCCCC)s3)c3ccccc23)s1. The summed E-state index contributed by atoms with van der Waals surface area (Å²) in [6.45, 7) is 4.57. The summed E-state index contributed by atoms with van der Waals surface area (Å²) >= 11 is 3.99. The van der Waals surface area contributed by atoms with E-state index in [4.69, 9.17) is 0 Å². The van der Waals surface area contributed by atoms with Gasteiger partial charge >= 0.3 is 0 Å². The van der Waals surface area contributed by atoms with Crippen molar-refractivity contribution >= 4 is 44.2 Å². The van der Waals surface area contributed by atoms with Gasteiger partial charge < -0.3 is 0 Å². The Morgan fingerprint density at radius 3 is 1.19 bits per heavy atom. The summed E-state index contributed by atoms with van der Waals surface area (Å²) in [6.07, 6.45) is 13.0. The van der Waals surface area contributed by atoms with Crippen LogP contribution in [0.25, 0.3) is 42.4 Å². The summed E-state index contributed by atoms with van der Waals surface area (Å²) in [4.78, 5) is 5.85. The van der Waals surface area contributed by atoms with E-state index in [1.165, 1.54) is 116 Å². The summed E-state index contributed by atoms with van der Waals surface area (Å²) < 4.78 is 0. The largest absolute Gasteiger partial charge is 0.140 e. The van der Waals surface area contributed by atoms with Crippen molar-refractivity contribution in [1.29, 1.82) is 0 Å². The molecule has 3 aromatic carbocycles. The lowest BCUT2D eigenvalue weighted by atomic mass is 9.90. The van der Waals surface area contributed by atoms with Crippen molar-refractivity contribution in [3.05, 3.63) is 82.6 Å². The van der Waals surface area contributed by atoms with Gasteiger partial charge in [-0.05, 0) is 71.5 Å². The van der Waals surface area contributed by atoms with Crippen LogP contribution in [0.15, 0.2) is 72.8 Å². The molecule has 2 aromatic heterocycles. The molecule has 0 amide bonds. The molecule has 0 spiro atoms. The van der Waals surface area contributed by atoms with Crippen LogP contribution in [0.5, 0.6) is 0 Å². The van der Waals surface area contributed by atoms with Crippen LogP contribution in [0, 0.1) is 0 Å². The number of benzene rings is 3. The first-order valence-electron chi connectivity index (χ1n) is 13.9. The van der Waals surface area contributed by atoms with E-state index >= 15 is 0 Å². The first-order chi connectivity index (χ1) is 17.8. The molecule has 2 heterocycles. The van der Waals surface area contributed by atoms with Gasteiger partial charge in [-0.15, -0.1) is 22.7 Å². The van der Waals surface area contributed by atoms with E-state index in [1.54, 1.807) is 0 Å². The van der Waals surface area contributed by atoms with Crippen LogP contribution in [0.3, 0.4) is 0 Å². The van der Waals surface area contributed by atoms with Crippen molar-refractivity contribution in [3.8, 4) is 20.9 Å². The van der Waals surface area contributed by atoms with Gasteiger partial charge in [-0.25, -0.2) is 0 Å². The van der Waals surface area contributed by atoms with Crippen molar-refractivity contribution < 1.29 is 0 Å². The van der Waals surface area contributed by atoms with E-state index in [-0.39, 0.29) is 0 Å². The minimum Gasteiger partial charge on any atom is -0.140 e. The Labute approximate surface area is 225 Å². The Morgan fingerprint density at radius 1 is 0.444 bits per heavy atom. The van der Waals surface area contributed by atoms with Crippen LogP contribution in [-0.2, 0) is 12.8 Å². The van der Waals surface area contributed by atoms with Crippen molar-refractivity contribution in [2.24, 2.45) is 0 Å². The molecule has 0 nitrogen and oxygen atoms in total. The first-order valence-corrected chi connectivity index (χ1v) is 15.5. The van der Waals surface area contributed by atoms with E-state index in [2.05, 4.69) is 86.6 Å². The fourth-order valence-electron chi connectivity index (χ4n) is 5.40. The highest BCUT2D eigenvalue weighted by molar-refractivity contribution is 7.16. The third-order valence-electron chi connectivity index (χ3n) is 7.30. The molecule has 0 aliphatic rings. The lowest BCUT2D eigenvalue weighted by Gasteiger charge is -2.15. The molecule has 2 heteroatoms. The van der Waals surface area contributed by atoms with Gasteiger partial charge in [0.15, 0.2) is 0 Å². The second kappa shape index (κ2) is 12.2. The summed E-state index contributed by atoms with van der Waals surface area (Å²) in [6, 6.07) is 27.6. The normalized spacial score (nSPS) is 11.6. The molecular formula is C34H38S2. The molecule has 5 aromatic rings. The highest BCUT2D eigenvalue weighted by Gasteiger charge is 2.18. The van der Waals surface area contributed by atoms with E-state index in [0.717, 1.165) is 0 Å². The summed E-state index contributed by atoms with van der Waals surface area (Å²) in [5.41, 5.74) is 2.82. The molecule has 0 aliphatic carbocycles. The van der Waals surface area contributed by atoms with Crippen molar-refractivity contribution in [1.82, 2.24) is 0 Å². The Balaban J connectivity index is 1.57.